The number of furan rings is 1. The summed E-state index contributed by atoms with van der Waals surface area (Å²) in [5.41, 5.74) is 1.27. The topological polar surface area (TPSA) is 83.5 Å². The summed E-state index contributed by atoms with van der Waals surface area (Å²) in [5.74, 6) is 1.51. The van der Waals surface area contributed by atoms with Gasteiger partial charge in [-0.05, 0) is 55.3 Å². The maximum absolute atomic E-state index is 12.9. The maximum Gasteiger partial charge on any atom is 0.243 e. The van der Waals surface area contributed by atoms with Crippen LogP contribution in [0.5, 0.6) is 5.75 Å². The van der Waals surface area contributed by atoms with Crippen LogP contribution in [0.15, 0.2) is 76.2 Å². The molecule has 1 aromatic heterocycles. The molecular weight excluding hydrogens is 388 g/mol. The fourth-order valence-corrected chi connectivity index (χ4v) is 4.94. The minimum atomic E-state index is -3.61. The highest BCUT2D eigenvalue weighted by molar-refractivity contribution is 7.89. The number of hydrogen-bond donors (Lipinski definition) is 0. The van der Waals surface area contributed by atoms with Crippen LogP contribution in [0.3, 0.4) is 0 Å². The van der Waals surface area contributed by atoms with Crippen molar-refractivity contribution in [3.05, 3.63) is 72.5 Å². The molecule has 29 heavy (non-hydrogen) atoms. The van der Waals surface area contributed by atoms with Crippen LogP contribution in [0, 0.1) is 11.3 Å². The van der Waals surface area contributed by atoms with Crippen LogP contribution in [0.4, 0.5) is 0 Å². The monoisotopic (exact) mass is 408 g/mol. The molecule has 0 atom stereocenters. The highest BCUT2D eigenvalue weighted by Crippen LogP contribution is 2.27. The maximum atomic E-state index is 12.9. The van der Waals surface area contributed by atoms with E-state index in [1.54, 1.807) is 18.4 Å². The van der Waals surface area contributed by atoms with E-state index in [1.165, 1.54) is 16.4 Å². The zero-order chi connectivity index (χ0) is 20.3. The van der Waals surface area contributed by atoms with Crippen molar-refractivity contribution in [2.24, 2.45) is 0 Å². The third kappa shape index (κ3) is 4.19. The third-order valence-corrected chi connectivity index (χ3v) is 6.84. The average molecular weight is 408 g/mol. The molecule has 3 aromatic rings. The minimum Gasteiger partial charge on any atom is -0.490 e. The average Bonchev–Trinajstić information content (AvgIpc) is 3.29. The molecule has 1 fully saturated rings. The van der Waals surface area contributed by atoms with Crippen molar-refractivity contribution in [1.82, 2.24) is 4.31 Å². The Morgan fingerprint density at radius 1 is 1.03 bits per heavy atom. The summed E-state index contributed by atoms with van der Waals surface area (Å²) >= 11 is 0. The quantitative estimate of drug-likeness (QED) is 0.636. The van der Waals surface area contributed by atoms with Gasteiger partial charge in [0.15, 0.2) is 0 Å². The molecule has 2 heterocycles. The molecule has 0 amide bonds. The molecule has 0 bridgehead atoms. The molecule has 148 valence electrons. The SMILES string of the molecule is N#Cc1cccc(S(=O)(=O)N2CCC(Oc3cccc(-c4ccco4)c3)CC2)c1. The van der Waals surface area contributed by atoms with Crippen LogP contribution in [0.2, 0.25) is 0 Å². The fourth-order valence-electron chi connectivity index (χ4n) is 3.42. The smallest absolute Gasteiger partial charge is 0.243 e. The second-order valence-corrected chi connectivity index (χ2v) is 8.80. The van der Waals surface area contributed by atoms with E-state index in [1.807, 2.05) is 42.5 Å². The van der Waals surface area contributed by atoms with Gasteiger partial charge in [-0.15, -0.1) is 0 Å². The Morgan fingerprint density at radius 2 is 1.83 bits per heavy atom. The van der Waals surface area contributed by atoms with Crippen LogP contribution < -0.4 is 4.74 Å². The first kappa shape index (κ1) is 19.2. The summed E-state index contributed by atoms with van der Waals surface area (Å²) in [4.78, 5) is 0.155. The number of nitriles is 1. The predicted molar refractivity (Wildman–Crippen MR) is 108 cm³/mol. The molecule has 0 radical (unpaired) electrons. The lowest BCUT2D eigenvalue weighted by molar-refractivity contribution is 0.135. The summed E-state index contributed by atoms with van der Waals surface area (Å²) in [6.07, 6.45) is 2.77. The highest BCUT2D eigenvalue weighted by Gasteiger charge is 2.30. The zero-order valence-electron chi connectivity index (χ0n) is 15.7. The van der Waals surface area contributed by atoms with Gasteiger partial charge in [-0.3, -0.25) is 0 Å². The number of nitrogens with zero attached hydrogens (tertiary/aromatic N) is 2. The van der Waals surface area contributed by atoms with Crippen molar-refractivity contribution in [2.75, 3.05) is 13.1 Å². The Kier molecular flexibility index (Phi) is 5.38. The van der Waals surface area contributed by atoms with Gasteiger partial charge < -0.3 is 9.15 Å². The van der Waals surface area contributed by atoms with E-state index in [2.05, 4.69) is 0 Å². The summed E-state index contributed by atoms with van der Waals surface area (Å²) < 4.78 is 38.7. The first-order valence-electron chi connectivity index (χ1n) is 9.37. The second-order valence-electron chi connectivity index (χ2n) is 6.87. The van der Waals surface area contributed by atoms with Crippen LogP contribution in [-0.4, -0.2) is 31.9 Å². The van der Waals surface area contributed by atoms with Crippen LogP contribution >= 0.6 is 0 Å². The first-order chi connectivity index (χ1) is 14.1. The highest BCUT2D eigenvalue weighted by atomic mass is 32.2. The van der Waals surface area contributed by atoms with E-state index >= 15 is 0 Å². The van der Waals surface area contributed by atoms with Crippen LogP contribution in [0.25, 0.3) is 11.3 Å². The van der Waals surface area contributed by atoms with Crippen molar-refractivity contribution in [1.29, 1.82) is 5.26 Å². The molecule has 0 unspecified atom stereocenters. The van der Waals surface area contributed by atoms with Crippen molar-refractivity contribution in [3.63, 3.8) is 0 Å². The number of ether oxygens (including phenoxy) is 1. The van der Waals surface area contributed by atoms with E-state index in [0.29, 0.717) is 31.5 Å². The largest absolute Gasteiger partial charge is 0.490 e. The Morgan fingerprint density at radius 3 is 2.55 bits per heavy atom. The third-order valence-electron chi connectivity index (χ3n) is 4.94. The molecule has 7 heteroatoms. The van der Waals surface area contributed by atoms with Gasteiger partial charge in [0, 0.05) is 18.7 Å². The Hall–Kier alpha value is -3.08. The molecule has 0 aliphatic carbocycles. The molecule has 0 N–H and O–H groups in total. The van der Waals surface area contributed by atoms with Crippen molar-refractivity contribution >= 4 is 10.0 Å². The molecule has 1 saturated heterocycles. The van der Waals surface area contributed by atoms with Gasteiger partial charge >= 0.3 is 0 Å². The minimum absolute atomic E-state index is 0.0567. The molecule has 6 nitrogen and oxygen atoms in total. The van der Waals surface area contributed by atoms with Gasteiger partial charge in [0.25, 0.3) is 0 Å². The Balaban J connectivity index is 1.41. The molecule has 4 rings (SSSR count). The van der Waals surface area contributed by atoms with E-state index < -0.39 is 10.0 Å². The molecule has 1 aliphatic heterocycles. The zero-order valence-corrected chi connectivity index (χ0v) is 16.5. The molecule has 0 spiro atoms. The first-order valence-corrected chi connectivity index (χ1v) is 10.8. The van der Waals surface area contributed by atoms with Crippen LogP contribution in [0.1, 0.15) is 18.4 Å². The molecule has 0 saturated carbocycles. The van der Waals surface area contributed by atoms with Gasteiger partial charge in [0.1, 0.15) is 17.6 Å². The van der Waals surface area contributed by atoms with E-state index in [4.69, 9.17) is 14.4 Å². The Labute approximate surface area is 170 Å². The summed E-state index contributed by atoms with van der Waals surface area (Å²) in [7, 11) is -3.61. The molecule has 2 aromatic carbocycles. The normalized spacial score (nSPS) is 15.7. The lowest BCUT2D eigenvalue weighted by Crippen LogP contribution is -2.41. The number of rotatable bonds is 5. The lowest BCUT2D eigenvalue weighted by atomic mass is 10.1. The number of benzene rings is 2. The van der Waals surface area contributed by atoms with Gasteiger partial charge in [-0.25, -0.2) is 8.42 Å². The predicted octanol–water partition coefficient (Wildman–Crippen LogP) is 4.05. The van der Waals surface area contributed by atoms with E-state index in [0.717, 1.165) is 17.1 Å². The van der Waals surface area contributed by atoms with Gasteiger partial charge in [0.05, 0.1) is 22.8 Å². The van der Waals surface area contributed by atoms with Gasteiger partial charge in [0.2, 0.25) is 10.0 Å². The van der Waals surface area contributed by atoms with Crippen molar-refractivity contribution in [2.45, 2.75) is 23.8 Å². The number of piperidine rings is 1. The standard InChI is InChI=1S/C22H20N2O4S/c23-16-17-4-1-7-21(14-17)29(25,26)24-11-9-19(10-12-24)28-20-6-2-5-18(15-20)22-8-3-13-27-22/h1-8,13-15,19H,9-12H2. The lowest BCUT2D eigenvalue weighted by Gasteiger charge is -2.31. The number of sulfonamides is 1. The van der Waals surface area contributed by atoms with Crippen molar-refractivity contribution < 1.29 is 17.6 Å². The van der Waals surface area contributed by atoms with Crippen LogP contribution in [-0.2, 0) is 10.0 Å². The van der Waals surface area contributed by atoms with E-state index in [9.17, 15) is 8.42 Å². The summed E-state index contributed by atoms with van der Waals surface area (Å²) in [6, 6.07) is 19.5. The molecule has 1 aliphatic rings. The van der Waals surface area contributed by atoms with E-state index in [-0.39, 0.29) is 11.0 Å². The van der Waals surface area contributed by atoms with Gasteiger partial charge in [-0.1, -0.05) is 18.2 Å². The van der Waals surface area contributed by atoms with Gasteiger partial charge in [-0.2, -0.15) is 9.57 Å². The van der Waals surface area contributed by atoms with Crippen molar-refractivity contribution in [3.8, 4) is 23.1 Å². The second kappa shape index (κ2) is 8.11. The summed E-state index contributed by atoms with van der Waals surface area (Å²) in [6.45, 7) is 0.753. The molecular formula is C22H20N2O4S. The fraction of sp³-hybridized carbons (Fsp3) is 0.227. The Bertz CT molecular complexity index is 1130. The summed E-state index contributed by atoms with van der Waals surface area (Å²) in [5, 5.41) is 9.01. The number of hydrogen-bond acceptors (Lipinski definition) is 5.